The van der Waals surface area contributed by atoms with Crippen LogP contribution in [0, 0.1) is 6.92 Å². The molecule has 19 heavy (non-hydrogen) atoms. The lowest BCUT2D eigenvalue weighted by Crippen LogP contribution is -2.53. The Labute approximate surface area is 114 Å². The lowest BCUT2D eigenvalue weighted by Gasteiger charge is -2.34. The van der Waals surface area contributed by atoms with E-state index < -0.39 is 0 Å². The normalized spacial score (nSPS) is 22.4. The molecule has 2 fully saturated rings. The fourth-order valence-electron chi connectivity index (χ4n) is 2.38. The molecule has 0 aromatic carbocycles. The van der Waals surface area contributed by atoms with Gasteiger partial charge in [0, 0.05) is 19.6 Å². The molecule has 2 saturated heterocycles. The second-order valence-corrected chi connectivity index (χ2v) is 5.06. The highest BCUT2D eigenvalue weighted by molar-refractivity contribution is 6.34. The Balaban J connectivity index is 1.75. The van der Waals surface area contributed by atoms with E-state index in [2.05, 4.69) is 10.2 Å². The third-order valence-electron chi connectivity index (χ3n) is 3.48. The van der Waals surface area contributed by atoms with Crippen molar-refractivity contribution in [2.75, 3.05) is 26.2 Å². The van der Waals surface area contributed by atoms with Crippen LogP contribution in [0.4, 0.5) is 4.79 Å². The van der Waals surface area contributed by atoms with Crippen molar-refractivity contribution >= 4 is 23.6 Å². The van der Waals surface area contributed by atoms with E-state index >= 15 is 0 Å². The maximum atomic E-state index is 12.3. The molecular weight excluding hydrogens is 272 g/mol. The molecule has 2 aliphatic heterocycles. The van der Waals surface area contributed by atoms with Gasteiger partial charge in [0.05, 0.1) is 16.8 Å². The molecule has 102 valence electrons. The lowest BCUT2D eigenvalue weighted by atomic mass is 10.2. The molecule has 1 aromatic heterocycles. The highest BCUT2D eigenvalue weighted by Crippen LogP contribution is 2.22. The number of ether oxygens (including phenoxy) is 1. The highest BCUT2D eigenvalue weighted by Gasteiger charge is 2.39. The zero-order valence-electron chi connectivity index (χ0n) is 10.4. The fraction of sp³-hybridized carbons (Fsp3) is 0.545. The summed E-state index contributed by atoms with van der Waals surface area (Å²) in [6, 6.07) is -0.0657. The van der Waals surface area contributed by atoms with Crippen molar-refractivity contribution in [2.24, 2.45) is 0 Å². The predicted octanol–water partition coefficient (Wildman–Crippen LogP) is 0.648. The van der Waals surface area contributed by atoms with Crippen molar-refractivity contribution in [2.45, 2.75) is 13.0 Å². The summed E-state index contributed by atoms with van der Waals surface area (Å²) in [5, 5.41) is 6.98. The van der Waals surface area contributed by atoms with Crippen molar-refractivity contribution in [3.05, 3.63) is 16.4 Å². The van der Waals surface area contributed by atoms with Crippen LogP contribution in [-0.2, 0) is 4.74 Å². The van der Waals surface area contributed by atoms with Gasteiger partial charge in [-0.05, 0) is 6.92 Å². The summed E-state index contributed by atoms with van der Waals surface area (Å²) in [5.74, 6) is -0.214. The number of rotatable bonds is 1. The van der Waals surface area contributed by atoms with Crippen LogP contribution in [0.5, 0.6) is 0 Å². The Morgan fingerprint density at radius 2 is 2.32 bits per heavy atom. The van der Waals surface area contributed by atoms with Crippen molar-refractivity contribution < 1.29 is 14.3 Å². The number of carbonyl (C=O) groups is 2. The second-order valence-electron chi connectivity index (χ2n) is 4.69. The number of fused-ring (bicyclic) bond motifs is 1. The first kappa shape index (κ1) is 12.3. The molecule has 0 aliphatic carbocycles. The van der Waals surface area contributed by atoms with Gasteiger partial charge in [-0.3, -0.25) is 14.8 Å². The predicted molar refractivity (Wildman–Crippen MR) is 66.1 cm³/mol. The van der Waals surface area contributed by atoms with Gasteiger partial charge in [0.15, 0.2) is 5.69 Å². The van der Waals surface area contributed by atoms with Crippen LogP contribution in [0.25, 0.3) is 0 Å². The van der Waals surface area contributed by atoms with E-state index in [0.29, 0.717) is 37.0 Å². The number of halogens is 1. The maximum absolute atomic E-state index is 12.3. The average Bonchev–Trinajstić information content (AvgIpc) is 2.94. The molecule has 0 radical (unpaired) electrons. The molecule has 2 amide bonds. The number of hydrogen-bond acceptors (Lipinski definition) is 4. The van der Waals surface area contributed by atoms with Crippen LogP contribution in [0.15, 0.2) is 0 Å². The van der Waals surface area contributed by atoms with Gasteiger partial charge in [-0.15, -0.1) is 0 Å². The Kier molecular flexibility index (Phi) is 2.85. The highest BCUT2D eigenvalue weighted by atomic mass is 35.5. The number of hydrogen-bond donors (Lipinski definition) is 1. The number of H-pyrrole nitrogens is 1. The van der Waals surface area contributed by atoms with Gasteiger partial charge >= 0.3 is 6.09 Å². The Morgan fingerprint density at radius 1 is 1.53 bits per heavy atom. The van der Waals surface area contributed by atoms with Crippen LogP contribution < -0.4 is 0 Å². The van der Waals surface area contributed by atoms with Gasteiger partial charge in [-0.1, -0.05) is 11.6 Å². The summed E-state index contributed by atoms with van der Waals surface area (Å²) in [6.07, 6.45) is -0.300. The lowest BCUT2D eigenvalue weighted by molar-refractivity contribution is 0.0611. The SMILES string of the molecule is Cc1[nH]nc(C(=O)N2CCN3C(=O)OC[C@H]3C2)c1Cl. The molecule has 3 rings (SSSR count). The number of aryl methyl sites for hydroxylation is 1. The smallest absolute Gasteiger partial charge is 0.410 e. The quantitative estimate of drug-likeness (QED) is 0.821. The number of nitrogens with one attached hydrogen (secondary N) is 1. The van der Waals surface area contributed by atoms with Crippen LogP contribution >= 0.6 is 11.6 Å². The molecule has 1 N–H and O–H groups in total. The Morgan fingerprint density at radius 3 is 3.00 bits per heavy atom. The molecule has 1 atom stereocenters. The number of cyclic esters (lactones) is 1. The molecule has 0 saturated carbocycles. The number of aromatic amines is 1. The zero-order chi connectivity index (χ0) is 13.6. The molecule has 3 heterocycles. The van der Waals surface area contributed by atoms with E-state index in [9.17, 15) is 9.59 Å². The first-order valence-corrected chi connectivity index (χ1v) is 6.39. The Hall–Kier alpha value is -1.76. The van der Waals surface area contributed by atoms with E-state index in [1.807, 2.05) is 0 Å². The summed E-state index contributed by atoms with van der Waals surface area (Å²) in [6.45, 7) is 3.49. The van der Waals surface area contributed by atoms with Gasteiger partial charge in [0.2, 0.25) is 0 Å². The summed E-state index contributed by atoms with van der Waals surface area (Å²) >= 11 is 6.03. The minimum absolute atomic E-state index is 0.0657. The van der Waals surface area contributed by atoms with Crippen LogP contribution in [0.3, 0.4) is 0 Å². The van der Waals surface area contributed by atoms with Gasteiger partial charge in [-0.2, -0.15) is 5.10 Å². The van der Waals surface area contributed by atoms with Gasteiger partial charge in [0.25, 0.3) is 5.91 Å². The van der Waals surface area contributed by atoms with Gasteiger partial charge < -0.3 is 9.64 Å². The first-order valence-electron chi connectivity index (χ1n) is 6.01. The monoisotopic (exact) mass is 284 g/mol. The summed E-state index contributed by atoms with van der Waals surface area (Å²) in [5.41, 5.74) is 0.904. The molecule has 2 aliphatic rings. The molecule has 8 heteroatoms. The van der Waals surface area contributed by atoms with Gasteiger partial charge in [0.1, 0.15) is 6.61 Å². The van der Waals surface area contributed by atoms with Crippen LogP contribution in [0.2, 0.25) is 5.02 Å². The molecule has 0 spiro atoms. The van der Waals surface area contributed by atoms with E-state index in [-0.39, 0.29) is 23.7 Å². The third kappa shape index (κ3) is 1.94. The third-order valence-corrected chi connectivity index (χ3v) is 3.94. The average molecular weight is 285 g/mol. The number of carbonyl (C=O) groups excluding carboxylic acids is 2. The molecule has 0 unspecified atom stereocenters. The standard InChI is InChI=1S/C11H13ClN4O3/c1-6-8(12)9(14-13-6)10(17)15-2-3-16-7(4-15)5-19-11(16)18/h7H,2-5H2,1H3,(H,13,14)/t7-/m1/s1. The largest absolute Gasteiger partial charge is 0.447 e. The van der Waals surface area contributed by atoms with E-state index in [1.165, 1.54) is 0 Å². The van der Waals surface area contributed by atoms with E-state index in [4.69, 9.17) is 16.3 Å². The molecule has 0 bridgehead atoms. The summed E-state index contributed by atoms with van der Waals surface area (Å²) < 4.78 is 4.96. The number of nitrogens with zero attached hydrogens (tertiary/aromatic N) is 3. The van der Waals surface area contributed by atoms with Crippen LogP contribution in [-0.4, -0.2) is 64.3 Å². The fourth-order valence-corrected chi connectivity index (χ4v) is 2.55. The van der Waals surface area contributed by atoms with Crippen molar-refractivity contribution in [1.82, 2.24) is 20.0 Å². The minimum Gasteiger partial charge on any atom is -0.447 e. The van der Waals surface area contributed by atoms with Crippen molar-refractivity contribution in [3.8, 4) is 0 Å². The van der Waals surface area contributed by atoms with Crippen molar-refractivity contribution in [3.63, 3.8) is 0 Å². The number of aromatic nitrogens is 2. The molecular formula is C11H13ClN4O3. The second kappa shape index (κ2) is 4.41. The zero-order valence-corrected chi connectivity index (χ0v) is 11.1. The number of amides is 2. The molecule has 7 nitrogen and oxygen atoms in total. The topological polar surface area (TPSA) is 78.5 Å². The van der Waals surface area contributed by atoms with Crippen molar-refractivity contribution in [1.29, 1.82) is 0 Å². The first-order chi connectivity index (χ1) is 9.08. The Bertz CT molecular complexity index is 544. The van der Waals surface area contributed by atoms with Gasteiger partial charge in [-0.25, -0.2) is 4.79 Å². The summed E-state index contributed by atoms with van der Waals surface area (Å²) in [7, 11) is 0. The maximum Gasteiger partial charge on any atom is 0.410 e. The summed E-state index contributed by atoms with van der Waals surface area (Å²) in [4.78, 5) is 27.0. The van der Waals surface area contributed by atoms with E-state index in [1.54, 1.807) is 16.7 Å². The number of piperazine rings is 1. The van der Waals surface area contributed by atoms with Crippen LogP contribution in [0.1, 0.15) is 16.2 Å². The molecule has 1 aromatic rings. The minimum atomic E-state index is -0.300. The van der Waals surface area contributed by atoms with E-state index in [0.717, 1.165) is 0 Å².